The van der Waals surface area contributed by atoms with Crippen molar-refractivity contribution in [3.8, 4) is 0 Å². The Morgan fingerprint density at radius 2 is 1.81 bits per heavy atom. The van der Waals surface area contributed by atoms with Crippen molar-refractivity contribution in [1.82, 2.24) is 24.9 Å². The highest BCUT2D eigenvalue weighted by Crippen LogP contribution is 2.16. The molecule has 140 valence electrons. The molecule has 2 amide bonds. The van der Waals surface area contributed by atoms with E-state index in [0.29, 0.717) is 5.76 Å². The minimum absolute atomic E-state index is 0.0156. The van der Waals surface area contributed by atoms with Gasteiger partial charge in [0.1, 0.15) is 5.76 Å². The third-order valence-corrected chi connectivity index (χ3v) is 3.57. The third-order valence-electron chi connectivity index (χ3n) is 3.57. The van der Waals surface area contributed by atoms with Crippen molar-refractivity contribution in [2.45, 2.75) is 6.54 Å². The Bertz CT molecular complexity index is 1000. The Labute approximate surface area is 152 Å². The number of carbonyl (C=O) groups excluding carboxylic acids is 2. The molecule has 3 aromatic rings. The van der Waals surface area contributed by atoms with E-state index in [2.05, 4.69) is 20.8 Å². The van der Waals surface area contributed by atoms with Crippen LogP contribution < -0.4 is 10.6 Å². The number of carboxylic acid groups (broad SMARTS) is 1. The van der Waals surface area contributed by atoms with E-state index in [1.807, 2.05) is 0 Å². The smallest absolute Gasteiger partial charge is 0.357 e. The van der Waals surface area contributed by atoms with Crippen LogP contribution in [-0.4, -0.2) is 42.5 Å². The number of aromatic nitrogens is 4. The second-order valence-electron chi connectivity index (χ2n) is 5.65. The number of furan rings is 1. The van der Waals surface area contributed by atoms with Crippen LogP contribution in [0.3, 0.4) is 0 Å². The van der Waals surface area contributed by atoms with Crippen LogP contribution in [0, 0.1) is 0 Å². The topological polar surface area (TPSA) is 144 Å². The number of nitrogens with one attached hydrogen (secondary N) is 2. The van der Waals surface area contributed by atoms with Crippen molar-refractivity contribution >= 4 is 23.5 Å². The molecule has 27 heavy (non-hydrogen) atoms. The van der Waals surface area contributed by atoms with Crippen LogP contribution in [-0.2, 0) is 20.6 Å². The van der Waals surface area contributed by atoms with Gasteiger partial charge in [-0.15, -0.1) is 0 Å². The standard InChI is InChI=1S/C16H16N6O5/c1-21-7-10(12(19-21)16(25)26)14(23)18-11-8-22(2)20-13(11)15(24)17-6-9-4-3-5-27-9/h3-5,7-8H,6H2,1-2H3,(H,17,24)(H,18,23)(H,25,26). The van der Waals surface area contributed by atoms with Crippen LogP contribution in [0.4, 0.5) is 5.69 Å². The molecule has 0 atom stereocenters. The lowest BCUT2D eigenvalue weighted by Crippen LogP contribution is -2.25. The summed E-state index contributed by atoms with van der Waals surface area (Å²) in [5.41, 5.74) is -0.392. The summed E-state index contributed by atoms with van der Waals surface area (Å²) in [7, 11) is 3.09. The van der Waals surface area contributed by atoms with Crippen molar-refractivity contribution in [2.24, 2.45) is 14.1 Å². The molecular formula is C16H16N6O5. The minimum Gasteiger partial charge on any atom is -0.476 e. The fraction of sp³-hybridized carbons (Fsp3) is 0.188. The van der Waals surface area contributed by atoms with Gasteiger partial charge in [-0.05, 0) is 12.1 Å². The lowest BCUT2D eigenvalue weighted by atomic mass is 10.2. The molecule has 0 saturated heterocycles. The number of carbonyl (C=O) groups is 3. The predicted molar refractivity (Wildman–Crippen MR) is 91.2 cm³/mol. The van der Waals surface area contributed by atoms with E-state index >= 15 is 0 Å². The van der Waals surface area contributed by atoms with Gasteiger partial charge in [0.25, 0.3) is 11.8 Å². The molecule has 0 radical (unpaired) electrons. The summed E-state index contributed by atoms with van der Waals surface area (Å²) in [4.78, 5) is 36.1. The average Bonchev–Trinajstić information content (AvgIpc) is 3.32. The molecule has 11 nitrogen and oxygen atoms in total. The SMILES string of the molecule is Cn1cc(NC(=O)c2cn(C)nc2C(=O)O)c(C(=O)NCc2ccco2)n1. The average molecular weight is 372 g/mol. The van der Waals surface area contributed by atoms with Crippen LogP contribution in [0.2, 0.25) is 0 Å². The Balaban J connectivity index is 1.78. The molecule has 0 aliphatic rings. The summed E-state index contributed by atoms with van der Waals surface area (Å²) in [5, 5.41) is 22.1. The van der Waals surface area contributed by atoms with Gasteiger partial charge in [-0.1, -0.05) is 0 Å². The molecule has 0 fully saturated rings. The van der Waals surface area contributed by atoms with Crippen molar-refractivity contribution in [3.63, 3.8) is 0 Å². The number of hydrogen-bond donors (Lipinski definition) is 3. The number of nitrogens with zero attached hydrogens (tertiary/aromatic N) is 4. The monoisotopic (exact) mass is 372 g/mol. The minimum atomic E-state index is -1.33. The van der Waals surface area contributed by atoms with E-state index in [9.17, 15) is 14.4 Å². The first-order valence-corrected chi connectivity index (χ1v) is 7.77. The molecule has 3 N–H and O–H groups in total. The number of rotatable bonds is 6. The number of hydrogen-bond acceptors (Lipinski definition) is 6. The Kier molecular flexibility index (Phi) is 4.75. The Morgan fingerprint density at radius 3 is 2.48 bits per heavy atom. The van der Waals surface area contributed by atoms with Crippen molar-refractivity contribution in [3.05, 3.63) is 53.5 Å². The van der Waals surface area contributed by atoms with Crippen molar-refractivity contribution in [1.29, 1.82) is 0 Å². The molecule has 0 saturated carbocycles. The zero-order valence-electron chi connectivity index (χ0n) is 14.5. The maximum atomic E-state index is 12.5. The van der Waals surface area contributed by atoms with Crippen molar-refractivity contribution < 1.29 is 23.9 Å². The fourth-order valence-corrected chi connectivity index (χ4v) is 2.41. The number of carboxylic acids is 1. The Hall–Kier alpha value is -3.89. The summed E-state index contributed by atoms with van der Waals surface area (Å²) in [5.74, 6) is -2.00. The summed E-state index contributed by atoms with van der Waals surface area (Å²) >= 11 is 0. The molecule has 0 aliphatic carbocycles. The van der Waals surface area contributed by atoms with E-state index in [1.165, 1.54) is 35.1 Å². The molecule has 3 aromatic heterocycles. The highest BCUT2D eigenvalue weighted by molar-refractivity contribution is 6.11. The molecule has 0 aromatic carbocycles. The molecule has 0 aliphatic heterocycles. The zero-order valence-corrected chi connectivity index (χ0v) is 14.5. The van der Waals surface area contributed by atoms with E-state index in [1.54, 1.807) is 19.2 Å². The summed E-state index contributed by atoms with van der Waals surface area (Å²) in [6, 6.07) is 3.40. The Morgan fingerprint density at radius 1 is 1.11 bits per heavy atom. The van der Waals surface area contributed by atoms with Gasteiger partial charge < -0.3 is 20.2 Å². The molecule has 0 bridgehead atoms. The second-order valence-corrected chi connectivity index (χ2v) is 5.65. The number of aromatic carboxylic acids is 1. The first kappa shape index (κ1) is 17.9. The summed E-state index contributed by atoms with van der Waals surface area (Å²) < 4.78 is 7.72. The molecule has 11 heteroatoms. The number of amides is 2. The van der Waals surface area contributed by atoms with Gasteiger partial charge in [-0.3, -0.25) is 19.0 Å². The number of aryl methyl sites for hydroxylation is 2. The maximum absolute atomic E-state index is 12.5. The normalized spacial score (nSPS) is 10.6. The molecule has 0 unspecified atom stereocenters. The lowest BCUT2D eigenvalue weighted by Gasteiger charge is -2.05. The first-order valence-electron chi connectivity index (χ1n) is 7.77. The number of anilines is 1. The van der Waals surface area contributed by atoms with Crippen LogP contribution in [0.5, 0.6) is 0 Å². The van der Waals surface area contributed by atoms with Gasteiger partial charge in [0.05, 0.1) is 24.1 Å². The maximum Gasteiger partial charge on any atom is 0.357 e. The van der Waals surface area contributed by atoms with Gasteiger partial charge in [-0.25, -0.2) is 4.79 Å². The van der Waals surface area contributed by atoms with Crippen LogP contribution in [0.25, 0.3) is 0 Å². The van der Waals surface area contributed by atoms with Gasteiger partial charge >= 0.3 is 5.97 Å². The highest BCUT2D eigenvalue weighted by atomic mass is 16.4. The van der Waals surface area contributed by atoms with E-state index in [-0.39, 0.29) is 29.2 Å². The zero-order chi connectivity index (χ0) is 19.6. The molecule has 3 rings (SSSR count). The predicted octanol–water partition coefficient (Wildman–Crippen LogP) is 0.627. The van der Waals surface area contributed by atoms with E-state index in [0.717, 1.165) is 0 Å². The fourth-order valence-electron chi connectivity index (χ4n) is 2.41. The molecule has 3 heterocycles. The lowest BCUT2D eigenvalue weighted by molar-refractivity contribution is 0.0685. The van der Waals surface area contributed by atoms with E-state index in [4.69, 9.17) is 9.52 Å². The van der Waals surface area contributed by atoms with Gasteiger partial charge in [-0.2, -0.15) is 10.2 Å². The largest absolute Gasteiger partial charge is 0.476 e. The molecule has 0 spiro atoms. The van der Waals surface area contributed by atoms with Crippen LogP contribution in [0.1, 0.15) is 37.1 Å². The van der Waals surface area contributed by atoms with Crippen LogP contribution in [0.15, 0.2) is 35.2 Å². The first-order chi connectivity index (χ1) is 12.8. The van der Waals surface area contributed by atoms with Gasteiger partial charge in [0.15, 0.2) is 11.4 Å². The second kappa shape index (κ2) is 7.15. The van der Waals surface area contributed by atoms with Gasteiger partial charge in [0, 0.05) is 26.5 Å². The van der Waals surface area contributed by atoms with Gasteiger partial charge in [0.2, 0.25) is 0 Å². The quantitative estimate of drug-likeness (QED) is 0.575. The van der Waals surface area contributed by atoms with Crippen LogP contribution >= 0.6 is 0 Å². The summed E-state index contributed by atoms with van der Waals surface area (Å²) in [6.07, 6.45) is 4.21. The van der Waals surface area contributed by atoms with E-state index < -0.39 is 17.8 Å². The molecular weight excluding hydrogens is 356 g/mol. The van der Waals surface area contributed by atoms with Crippen molar-refractivity contribution in [2.75, 3.05) is 5.32 Å². The third kappa shape index (κ3) is 3.86. The highest BCUT2D eigenvalue weighted by Gasteiger charge is 2.24. The summed E-state index contributed by atoms with van der Waals surface area (Å²) in [6.45, 7) is 0.154.